The molecule has 2 aromatic rings. The molecular weight excluding hydrogens is 286 g/mol. The van der Waals surface area contributed by atoms with Gasteiger partial charge in [-0.1, -0.05) is 25.4 Å². The van der Waals surface area contributed by atoms with Crippen LogP contribution in [0.5, 0.6) is 5.75 Å². The molecule has 0 aliphatic carbocycles. The van der Waals surface area contributed by atoms with Crippen molar-refractivity contribution in [2.75, 3.05) is 7.11 Å². The fraction of sp³-hybridized carbons (Fsp3) is 0.353. The highest BCUT2D eigenvalue weighted by molar-refractivity contribution is 6.32. The number of ether oxygens (including phenoxy) is 1. The Bertz CT molecular complexity index is 718. The normalized spacial score (nSPS) is 16.3. The second kappa shape index (κ2) is 5.23. The highest BCUT2D eigenvalue weighted by Gasteiger charge is 2.27. The van der Waals surface area contributed by atoms with Gasteiger partial charge in [-0.05, 0) is 29.7 Å². The third-order valence-electron chi connectivity index (χ3n) is 4.17. The van der Waals surface area contributed by atoms with E-state index in [1.165, 1.54) is 5.56 Å². The Morgan fingerprint density at radius 2 is 2.24 bits per heavy atom. The maximum Gasteiger partial charge on any atom is 0.164 e. The summed E-state index contributed by atoms with van der Waals surface area (Å²) in [6, 6.07) is 5.84. The van der Waals surface area contributed by atoms with E-state index < -0.39 is 0 Å². The van der Waals surface area contributed by atoms with Gasteiger partial charge in [-0.2, -0.15) is 0 Å². The predicted octanol–water partition coefficient (Wildman–Crippen LogP) is 4.53. The summed E-state index contributed by atoms with van der Waals surface area (Å²) in [4.78, 5) is 12.2. The van der Waals surface area contributed by atoms with Crippen molar-refractivity contribution in [2.45, 2.75) is 32.7 Å². The summed E-state index contributed by atoms with van der Waals surface area (Å²) in [7, 11) is 1.61. The number of methoxy groups -OCH3 is 1. The number of halogens is 1. The molecule has 1 unspecified atom stereocenters. The van der Waals surface area contributed by atoms with Gasteiger partial charge in [-0.15, -0.1) is 0 Å². The third kappa shape index (κ3) is 2.16. The Labute approximate surface area is 129 Å². The number of rotatable bonds is 3. The van der Waals surface area contributed by atoms with Crippen LogP contribution in [0.1, 0.15) is 42.1 Å². The smallest absolute Gasteiger partial charge is 0.164 e. The van der Waals surface area contributed by atoms with Crippen LogP contribution in [0.2, 0.25) is 5.02 Å². The Hall–Kier alpha value is -1.74. The molecule has 0 saturated carbocycles. The van der Waals surface area contributed by atoms with Crippen LogP contribution < -0.4 is 4.74 Å². The van der Waals surface area contributed by atoms with Crippen LogP contribution in [0.3, 0.4) is 0 Å². The fourth-order valence-corrected chi connectivity index (χ4v) is 3.32. The van der Waals surface area contributed by atoms with Gasteiger partial charge in [-0.3, -0.25) is 4.79 Å². The van der Waals surface area contributed by atoms with Gasteiger partial charge in [0.15, 0.2) is 5.78 Å². The molecule has 110 valence electrons. The first-order valence-electron chi connectivity index (χ1n) is 7.17. The molecule has 0 radical (unpaired) electrons. The maximum atomic E-state index is 12.2. The number of carbonyl (C=O) groups excluding carboxylic acids is 1. The zero-order valence-electron chi connectivity index (χ0n) is 12.4. The highest BCUT2D eigenvalue weighted by atomic mass is 35.5. The minimum atomic E-state index is 0.165. The van der Waals surface area contributed by atoms with E-state index >= 15 is 0 Å². The number of hydrogen-bond acceptors (Lipinski definition) is 2. The van der Waals surface area contributed by atoms with E-state index in [0.717, 1.165) is 23.4 Å². The van der Waals surface area contributed by atoms with Crippen LogP contribution >= 0.6 is 11.6 Å². The van der Waals surface area contributed by atoms with Crippen LogP contribution in [-0.2, 0) is 6.54 Å². The van der Waals surface area contributed by atoms with Gasteiger partial charge in [0.25, 0.3) is 0 Å². The van der Waals surface area contributed by atoms with Gasteiger partial charge in [0, 0.05) is 30.3 Å². The van der Waals surface area contributed by atoms with E-state index in [9.17, 15) is 4.79 Å². The first-order chi connectivity index (χ1) is 10.1. The number of benzene rings is 1. The second-order valence-electron chi connectivity index (χ2n) is 5.48. The molecule has 0 N–H and O–H groups in total. The number of nitrogens with zero attached hydrogens (tertiary/aromatic N) is 1. The molecule has 1 aromatic heterocycles. The SMILES string of the molecule is CCC(=O)c1ccn2c1-c1cc(OC)c(Cl)cc1C(C)C2. The van der Waals surface area contributed by atoms with Gasteiger partial charge < -0.3 is 9.30 Å². The Morgan fingerprint density at radius 3 is 2.90 bits per heavy atom. The quantitative estimate of drug-likeness (QED) is 0.780. The summed E-state index contributed by atoms with van der Waals surface area (Å²) in [5.74, 6) is 1.17. The minimum absolute atomic E-state index is 0.165. The van der Waals surface area contributed by atoms with Crippen molar-refractivity contribution >= 4 is 17.4 Å². The molecule has 2 heterocycles. The molecule has 1 atom stereocenters. The van der Waals surface area contributed by atoms with Gasteiger partial charge >= 0.3 is 0 Å². The van der Waals surface area contributed by atoms with Crippen LogP contribution in [0.15, 0.2) is 24.4 Å². The molecule has 21 heavy (non-hydrogen) atoms. The molecule has 0 amide bonds. The lowest BCUT2D eigenvalue weighted by atomic mass is 9.88. The molecule has 0 saturated heterocycles. The molecule has 0 fully saturated rings. The Morgan fingerprint density at radius 1 is 1.48 bits per heavy atom. The van der Waals surface area contributed by atoms with Gasteiger partial charge in [-0.25, -0.2) is 0 Å². The minimum Gasteiger partial charge on any atom is -0.495 e. The van der Waals surface area contributed by atoms with Crippen molar-refractivity contribution in [1.29, 1.82) is 0 Å². The number of carbonyl (C=O) groups is 1. The van der Waals surface area contributed by atoms with Crippen LogP contribution in [0, 0.1) is 0 Å². The van der Waals surface area contributed by atoms with Crippen molar-refractivity contribution in [3.63, 3.8) is 0 Å². The van der Waals surface area contributed by atoms with Crippen molar-refractivity contribution < 1.29 is 9.53 Å². The standard InChI is InChI=1S/C17H18ClNO2/c1-4-15(20)11-5-6-19-9-10(2)12-7-14(18)16(21-3)8-13(12)17(11)19/h5-8,10H,4,9H2,1-3H3. The van der Waals surface area contributed by atoms with E-state index in [1.54, 1.807) is 7.11 Å². The molecule has 1 aromatic carbocycles. The van der Waals surface area contributed by atoms with Crippen molar-refractivity contribution in [1.82, 2.24) is 4.57 Å². The van der Waals surface area contributed by atoms with Gasteiger partial charge in [0.2, 0.25) is 0 Å². The number of aromatic nitrogens is 1. The largest absolute Gasteiger partial charge is 0.495 e. The van der Waals surface area contributed by atoms with Crippen molar-refractivity contribution in [3.8, 4) is 17.0 Å². The maximum absolute atomic E-state index is 12.2. The van der Waals surface area contributed by atoms with Crippen LogP contribution in [0.25, 0.3) is 11.3 Å². The first-order valence-corrected chi connectivity index (χ1v) is 7.54. The Balaban J connectivity index is 2.27. The molecular formula is C17H18ClNO2. The number of ketones is 1. The summed E-state index contributed by atoms with van der Waals surface area (Å²) < 4.78 is 7.49. The number of fused-ring (bicyclic) bond motifs is 3. The molecule has 0 spiro atoms. The lowest BCUT2D eigenvalue weighted by molar-refractivity contribution is 0.0988. The monoisotopic (exact) mass is 303 g/mol. The van der Waals surface area contributed by atoms with E-state index in [0.29, 0.717) is 23.1 Å². The van der Waals surface area contributed by atoms with E-state index in [-0.39, 0.29) is 5.78 Å². The number of hydrogen-bond donors (Lipinski definition) is 0. The summed E-state index contributed by atoms with van der Waals surface area (Å²) >= 11 is 6.26. The number of Topliss-reactive ketones (excluding diaryl/α,β-unsaturated/α-hetero) is 1. The zero-order chi connectivity index (χ0) is 15.1. The summed E-state index contributed by atoms with van der Waals surface area (Å²) in [6.45, 7) is 4.93. The van der Waals surface area contributed by atoms with Crippen LogP contribution in [0.4, 0.5) is 0 Å². The summed E-state index contributed by atoms with van der Waals surface area (Å²) in [6.07, 6.45) is 2.51. The lowest BCUT2D eigenvalue weighted by Gasteiger charge is -2.27. The van der Waals surface area contributed by atoms with Gasteiger partial charge in [0.05, 0.1) is 17.8 Å². The van der Waals surface area contributed by atoms with Crippen molar-refractivity contribution in [2.24, 2.45) is 0 Å². The van der Waals surface area contributed by atoms with E-state index in [1.807, 2.05) is 31.3 Å². The van der Waals surface area contributed by atoms with Crippen molar-refractivity contribution in [3.05, 3.63) is 40.5 Å². The average Bonchev–Trinajstić information content (AvgIpc) is 2.90. The van der Waals surface area contributed by atoms with E-state index in [4.69, 9.17) is 16.3 Å². The first kappa shape index (κ1) is 14.2. The molecule has 3 rings (SSSR count). The van der Waals surface area contributed by atoms with Gasteiger partial charge in [0.1, 0.15) is 5.75 Å². The molecule has 3 nitrogen and oxygen atoms in total. The predicted molar refractivity (Wildman–Crippen MR) is 84.5 cm³/mol. The summed E-state index contributed by atoms with van der Waals surface area (Å²) in [5, 5.41) is 0.617. The van der Waals surface area contributed by atoms with E-state index in [2.05, 4.69) is 11.5 Å². The average molecular weight is 304 g/mol. The molecule has 4 heteroatoms. The fourth-order valence-electron chi connectivity index (χ4n) is 3.07. The second-order valence-corrected chi connectivity index (χ2v) is 5.89. The lowest BCUT2D eigenvalue weighted by Crippen LogP contribution is -2.15. The summed E-state index contributed by atoms with van der Waals surface area (Å²) in [5.41, 5.74) is 4.01. The molecule has 0 bridgehead atoms. The Kier molecular flexibility index (Phi) is 3.54. The topological polar surface area (TPSA) is 31.2 Å². The molecule has 1 aliphatic heterocycles. The van der Waals surface area contributed by atoms with Crippen LogP contribution in [-0.4, -0.2) is 17.5 Å². The third-order valence-corrected chi connectivity index (χ3v) is 4.46. The molecule has 1 aliphatic rings. The zero-order valence-corrected chi connectivity index (χ0v) is 13.2. The highest BCUT2D eigenvalue weighted by Crippen LogP contribution is 2.43.